The molecule has 0 spiro atoms. The summed E-state index contributed by atoms with van der Waals surface area (Å²) >= 11 is 0. The number of urea groups is 1. The molecule has 0 bridgehead atoms. The summed E-state index contributed by atoms with van der Waals surface area (Å²) in [5.41, 5.74) is 0. The van der Waals surface area contributed by atoms with Gasteiger partial charge in [-0.2, -0.15) is 0 Å². The predicted molar refractivity (Wildman–Crippen MR) is 125 cm³/mol. The highest BCUT2D eigenvalue weighted by atomic mass is 35.5. The molecule has 30 heavy (non-hydrogen) atoms. The summed E-state index contributed by atoms with van der Waals surface area (Å²) in [5, 5.41) is 6.64. The molecular formula is C19H38Cl3N5O3. The molecule has 0 aliphatic carbocycles. The number of nitrogens with one attached hydrogen (secondary N) is 2. The first kappa shape index (κ1) is 29.5. The summed E-state index contributed by atoms with van der Waals surface area (Å²) in [6.07, 6.45) is 4.78. The van der Waals surface area contributed by atoms with Crippen molar-refractivity contribution in [2.24, 2.45) is 0 Å². The number of methoxy groups -OCH3 is 1. The van der Waals surface area contributed by atoms with Crippen molar-refractivity contribution < 1.29 is 14.3 Å². The van der Waals surface area contributed by atoms with E-state index in [9.17, 15) is 9.59 Å². The number of halogens is 3. The number of carbonyl (C=O) groups is 2. The summed E-state index contributed by atoms with van der Waals surface area (Å²) in [6.45, 7) is 8.45. The van der Waals surface area contributed by atoms with Crippen LogP contribution in [-0.2, 0) is 9.53 Å². The maximum atomic E-state index is 12.6. The van der Waals surface area contributed by atoms with Crippen LogP contribution < -0.4 is 10.6 Å². The standard InChI is InChI=1S/C19H35N5O3.3ClH/c1-27-18(25)6-11-22-9-4-16(5-10-22)21-19(26)24-14-12-23(13-15-24)17-2-7-20-8-3-17;;;/h16-17,20H,2-15H2,1H3,(H,21,26);3*1H. The van der Waals surface area contributed by atoms with E-state index in [4.69, 9.17) is 4.74 Å². The third-order valence-electron chi connectivity index (χ3n) is 6.20. The Morgan fingerprint density at radius 3 is 2.10 bits per heavy atom. The largest absolute Gasteiger partial charge is 0.469 e. The molecule has 0 saturated carbocycles. The first-order valence-electron chi connectivity index (χ1n) is 10.4. The zero-order valence-electron chi connectivity index (χ0n) is 17.8. The van der Waals surface area contributed by atoms with Crippen molar-refractivity contribution in [1.82, 2.24) is 25.3 Å². The van der Waals surface area contributed by atoms with E-state index in [1.165, 1.54) is 20.0 Å². The van der Waals surface area contributed by atoms with E-state index in [2.05, 4.69) is 20.4 Å². The Kier molecular flexibility index (Phi) is 15.1. The summed E-state index contributed by atoms with van der Waals surface area (Å²) in [5.74, 6) is -0.158. The van der Waals surface area contributed by atoms with Gasteiger partial charge in [0.15, 0.2) is 0 Å². The van der Waals surface area contributed by atoms with Crippen molar-refractivity contribution in [2.75, 3.05) is 66.0 Å². The van der Waals surface area contributed by atoms with E-state index in [-0.39, 0.29) is 55.3 Å². The van der Waals surface area contributed by atoms with Gasteiger partial charge in [-0.05, 0) is 38.8 Å². The minimum Gasteiger partial charge on any atom is -0.469 e. The highest BCUT2D eigenvalue weighted by molar-refractivity contribution is 5.86. The van der Waals surface area contributed by atoms with Crippen LogP contribution in [0.1, 0.15) is 32.1 Å². The lowest BCUT2D eigenvalue weighted by Gasteiger charge is -2.41. The van der Waals surface area contributed by atoms with Gasteiger partial charge in [0.05, 0.1) is 13.5 Å². The molecule has 3 heterocycles. The highest BCUT2D eigenvalue weighted by Crippen LogP contribution is 2.15. The summed E-state index contributed by atoms with van der Waals surface area (Å²) in [4.78, 5) is 30.7. The Labute approximate surface area is 199 Å². The average molecular weight is 491 g/mol. The Morgan fingerprint density at radius 1 is 0.933 bits per heavy atom. The fraction of sp³-hybridized carbons (Fsp3) is 0.895. The van der Waals surface area contributed by atoms with Gasteiger partial charge in [-0.1, -0.05) is 0 Å². The number of piperazine rings is 1. The highest BCUT2D eigenvalue weighted by Gasteiger charge is 2.28. The average Bonchev–Trinajstić information content (AvgIpc) is 2.73. The number of hydrogen-bond donors (Lipinski definition) is 2. The van der Waals surface area contributed by atoms with E-state index in [0.29, 0.717) is 12.5 Å². The van der Waals surface area contributed by atoms with Gasteiger partial charge in [-0.3, -0.25) is 9.69 Å². The van der Waals surface area contributed by atoms with E-state index in [1.54, 1.807) is 0 Å². The maximum Gasteiger partial charge on any atom is 0.317 e. The third kappa shape index (κ3) is 8.93. The third-order valence-corrected chi connectivity index (χ3v) is 6.20. The second-order valence-corrected chi connectivity index (χ2v) is 7.90. The van der Waals surface area contributed by atoms with Crippen LogP contribution in [0.25, 0.3) is 0 Å². The summed E-state index contributed by atoms with van der Waals surface area (Å²) < 4.78 is 4.69. The summed E-state index contributed by atoms with van der Waals surface area (Å²) in [6, 6.07) is 1.02. The van der Waals surface area contributed by atoms with E-state index >= 15 is 0 Å². The van der Waals surface area contributed by atoms with Crippen molar-refractivity contribution >= 4 is 49.2 Å². The van der Waals surface area contributed by atoms with Crippen molar-refractivity contribution in [3.8, 4) is 0 Å². The lowest BCUT2D eigenvalue weighted by atomic mass is 10.0. The van der Waals surface area contributed by atoms with Crippen LogP contribution in [0.4, 0.5) is 4.79 Å². The molecule has 3 fully saturated rings. The van der Waals surface area contributed by atoms with E-state index in [1.807, 2.05) is 4.90 Å². The Balaban J connectivity index is 0.00000280. The van der Waals surface area contributed by atoms with Crippen molar-refractivity contribution in [3.63, 3.8) is 0 Å². The molecule has 0 unspecified atom stereocenters. The first-order chi connectivity index (χ1) is 13.2. The van der Waals surface area contributed by atoms with Gasteiger partial charge in [-0.15, -0.1) is 37.2 Å². The lowest BCUT2D eigenvalue weighted by molar-refractivity contribution is -0.141. The van der Waals surface area contributed by atoms with Crippen molar-refractivity contribution in [3.05, 3.63) is 0 Å². The van der Waals surface area contributed by atoms with Gasteiger partial charge in [0.25, 0.3) is 0 Å². The predicted octanol–water partition coefficient (Wildman–Crippen LogP) is 1.36. The minimum absolute atomic E-state index is 0. The zero-order valence-corrected chi connectivity index (χ0v) is 20.3. The SMILES string of the molecule is COC(=O)CCN1CCC(NC(=O)N2CCN(C3CCNCC3)CC2)CC1.Cl.Cl.Cl. The van der Waals surface area contributed by atoms with Crippen molar-refractivity contribution in [1.29, 1.82) is 0 Å². The number of hydrogen-bond acceptors (Lipinski definition) is 6. The number of nitrogens with zero attached hydrogens (tertiary/aromatic N) is 3. The lowest BCUT2D eigenvalue weighted by Crippen LogP contribution is -2.57. The molecule has 3 saturated heterocycles. The Hall–Kier alpha value is -0.510. The van der Waals surface area contributed by atoms with Gasteiger partial charge >= 0.3 is 12.0 Å². The molecule has 0 aromatic carbocycles. The van der Waals surface area contributed by atoms with Gasteiger partial charge in [0, 0.05) is 57.9 Å². The molecule has 2 N–H and O–H groups in total. The molecule has 3 rings (SSSR count). The summed E-state index contributed by atoms with van der Waals surface area (Å²) in [7, 11) is 1.43. The molecule has 178 valence electrons. The first-order valence-corrected chi connectivity index (χ1v) is 10.4. The fourth-order valence-electron chi connectivity index (χ4n) is 4.38. The van der Waals surface area contributed by atoms with Gasteiger partial charge < -0.3 is 25.2 Å². The Bertz CT molecular complexity index is 496. The number of amides is 2. The molecule has 0 atom stereocenters. The quantitative estimate of drug-likeness (QED) is 0.567. The van der Waals surface area contributed by atoms with E-state index < -0.39 is 0 Å². The van der Waals surface area contributed by atoms with Crippen LogP contribution in [0.2, 0.25) is 0 Å². The molecule has 3 aliphatic heterocycles. The topological polar surface area (TPSA) is 77.2 Å². The second-order valence-electron chi connectivity index (χ2n) is 7.90. The monoisotopic (exact) mass is 489 g/mol. The van der Waals surface area contributed by atoms with Gasteiger partial charge in [-0.25, -0.2) is 4.79 Å². The Morgan fingerprint density at radius 2 is 1.53 bits per heavy atom. The number of piperidine rings is 2. The molecule has 3 aliphatic rings. The van der Waals surface area contributed by atoms with Crippen LogP contribution >= 0.6 is 37.2 Å². The van der Waals surface area contributed by atoms with Crippen LogP contribution in [0.3, 0.4) is 0 Å². The van der Waals surface area contributed by atoms with Crippen LogP contribution in [-0.4, -0.2) is 105 Å². The number of carbonyl (C=O) groups excluding carboxylic acids is 2. The van der Waals surface area contributed by atoms with Gasteiger partial charge in [0.1, 0.15) is 0 Å². The number of likely N-dealkylation sites (tertiary alicyclic amines) is 1. The molecule has 0 aromatic rings. The van der Waals surface area contributed by atoms with Crippen LogP contribution in [0, 0.1) is 0 Å². The smallest absolute Gasteiger partial charge is 0.317 e. The number of rotatable bonds is 5. The molecule has 2 amide bonds. The molecule has 0 aromatic heterocycles. The van der Waals surface area contributed by atoms with Crippen LogP contribution in [0.15, 0.2) is 0 Å². The molecule has 11 heteroatoms. The fourth-order valence-corrected chi connectivity index (χ4v) is 4.38. The molecule has 0 radical (unpaired) electrons. The number of ether oxygens (including phenoxy) is 1. The number of esters is 1. The minimum atomic E-state index is -0.158. The van der Waals surface area contributed by atoms with Crippen LogP contribution in [0.5, 0.6) is 0 Å². The van der Waals surface area contributed by atoms with Crippen molar-refractivity contribution in [2.45, 2.75) is 44.2 Å². The normalized spacial score (nSPS) is 21.6. The van der Waals surface area contributed by atoms with Gasteiger partial charge in [0.2, 0.25) is 0 Å². The second kappa shape index (κ2) is 15.3. The molecule has 8 nitrogen and oxygen atoms in total. The van der Waals surface area contributed by atoms with E-state index in [0.717, 1.165) is 71.7 Å². The zero-order chi connectivity index (χ0) is 19.1. The maximum absolute atomic E-state index is 12.6. The molecular weight excluding hydrogens is 453 g/mol.